The molecule has 1 amide bonds. The summed E-state index contributed by atoms with van der Waals surface area (Å²) < 4.78 is 0. The number of nitrogens with one attached hydrogen (secondary N) is 1. The molecule has 0 fully saturated rings. The summed E-state index contributed by atoms with van der Waals surface area (Å²) in [6, 6.07) is 17.2. The summed E-state index contributed by atoms with van der Waals surface area (Å²) in [5.41, 5.74) is 1.01. The van der Waals surface area contributed by atoms with Gasteiger partial charge in [0.25, 0.3) is 5.91 Å². The third-order valence-electron chi connectivity index (χ3n) is 2.59. The summed E-state index contributed by atoms with van der Waals surface area (Å²) in [6.45, 7) is 0. The van der Waals surface area contributed by atoms with Gasteiger partial charge in [0.1, 0.15) is 5.76 Å². The van der Waals surface area contributed by atoms with Crippen molar-refractivity contribution >= 4 is 23.1 Å². The fraction of sp³-hybridized carbons (Fsp3) is 0. The molecule has 2 aromatic carbocycles. The van der Waals surface area contributed by atoms with Gasteiger partial charge in [-0.1, -0.05) is 48.5 Å². The molecule has 0 radical (unpaired) electrons. The highest BCUT2D eigenvalue weighted by Gasteiger charge is 2.12. The van der Waals surface area contributed by atoms with Crippen LogP contribution in [-0.4, -0.2) is 16.8 Å². The van der Waals surface area contributed by atoms with Crippen molar-refractivity contribution in [1.82, 2.24) is 0 Å². The van der Waals surface area contributed by atoms with Gasteiger partial charge in [-0.2, -0.15) is 0 Å². The van der Waals surface area contributed by atoms with Gasteiger partial charge in [0, 0.05) is 17.3 Å². The number of carbonyl (C=O) groups excluding carboxylic acids is 2. The molecule has 0 aliphatic heterocycles. The second kappa shape index (κ2) is 6.33. The van der Waals surface area contributed by atoms with E-state index in [1.54, 1.807) is 60.7 Å². The molecule has 4 heteroatoms. The highest BCUT2D eigenvalue weighted by atomic mass is 16.3. The van der Waals surface area contributed by atoms with E-state index in [9.17, 15) is 14.7 Å². The van der Waals surface area contributed by atoms with Crippen molar-refractivity contribution in [3.8, 4) is 0 Å². The molecule has 0 atom stereocenters. The summed E-state index contributed by atoms with van der Waals surface area (Å²) in [4.78, 5) is 23.3. The van der Waals surface area contributed by atoms with Crippen molar-refractivity contribution in [2.75, 3.05) is 5.32 Å². The number of aliphatic hydroxyl groups excluding tert-OH is 1. The largest absolute Gasteiger partial charge is 0.507 e. The number of aliphatic hydroxyl groups is 1. The lowest BCUT2D eigenvalue weighted by molar-refractivity contribution is -0.131. The van der Waals surface area contributed by atoms with E-state index < -0.39 is 11.7 Å². The molecule has 0 unspecified atom stereocenters. The second-order valence-electron chi connectivity index (χ2n) is 4.08. The van der Waals surface area contributed by atoms with Gasteiger partial charge in [0.05, 0.1) is 0 Å². The molecular formula is C16H13NO3. The van der Waals surface area contributed by atoms with Crippen LogP contribution in [0.3, 0.4) is 0 Å². The Labute approximate surface area is 116 Å². The van der Waals surface area contributed by atoms with Crippen molar-refractivity contribution < 1.29 is 14.7 Å². The van der Waals surface area contributed by atoms with Crippen LogP contribution >= 0.6 is 0 Å². The lowest BCUT2D eigenvalue weighted by Gasteiger charge is -2.02. The summed E-state index contributed by atoms with van der Waals surface area (Å²) in [7, 11) is 0. The molecule has 2 rings (SSSR count). The van der Waals surface area contributed by atoms with Crippen molar-refractivity contribution in [1.29, 1.82) is 0 Å². The van der Waals surface area contributed by atoms with Gasteiger partial charge in [0.2, 0.25) is 5.78 Å². The number of amides is 1. The first kappa shape index (κ1) is 13.5. The minimum Gasteiger partial charge on any atom is -0.507 e. The number of hydrogen-bond acceptors (Lipinski definition) is 3. The first-order valence-corrected chi connectivity index (χ1v) is 6.03. The molecule has 0 aliphatic carbocycles. The van der Waals surface area contributed by atoms with E-state index >= 15 is 0 Å². The third kappa shape index (κ3) is 3.55. The molecule has 2 aromatic rings. The van der Waals surface area contributed by atoms with Crippen LogP contribution in [0.2, 0.25) is 0 Å². The predicted molar refractivity (Wildman–Crippen MR) is 77.1 cm³/mol. The Morgan fingerprint density at radius 1 is 0.900 bits per heavy atom. The van der Waals surface area contributed by atoms with Gasteiger partial charge in [-0.3, -0.25) is 9.59 Å². The molecule has 0 aromatic heterocycles. The Hall–Kier alpha value is -2.88. The summed E-state index contributed by atoms with van der Waals surface area (Å²) in [6.07, 6.45) is 0.910. The molecule has 0 saturated carbocycles. The van der Waals surface area contributed by atoms with Crippen LogP contribution in [0.4, 0.5) is 5.69 Å². The smallest absolute Gasteiger partial charge is 0.296 e. The van der Waals surface area contributed by atoms with Crippen LogP contribution in [0.5, 0.6) is 0 Å². The fourth-order valence-electron chi connectivity index (χ4n) is 1.60. The Bertz CT molecular complexity index is 633. The zero-order valence-corrected chi connectivity index (χ0v) is 10.6. The molecule has 0 aliphatic rings. The van der Waals surface area contributed by atoms with Crippen molar-refractivity contribution in [3.05, 3.63) is 72.3 Å². The zero-order chi connectivity index (χ0) is 14.4. The van der Waals surface area contributed by atoms with Gasteiger partial charge in [0.15, 0.2) is 0 Å². The number of para-hydroxylation sites is 1. The van der Waals surface area contributed by atoms with Gasteiger partial charge >= 0.3 is 0 Å². The topological polar surface area (TPSA) is 66.4 Å². The van der Waals surface area contributed by atoms with Crippen LogP contribution in [-0.2, 0) is 9.59 Å². The van der Waals surface area contributed by atoms with Crippen molar-refractivity contribution in [2.45, 2.75) is 0 Å². The quantitative estimate of drug-likeness (QED) is 0.508. The molecule has 2 N–H and O–H groups in total. The van der Waals surface area contributed by atoms with Gasteiger partial charge in [-0.15, -0.1) is 0 Å². The number of benzene rings is 2. The molecule has 100 valence electrons. The molecule has 0 bridgehead atoms. The van der Waals surface area contributed by atoms with E-state index in [2.05, 4.69) is 5.32 Å². The van der Waals surface area contributed by atoms with E-state index in [-0.39, 0.29) is 5.76 Å². The maximum atomic E-state index is 11.7. The third-order valence-corrected chi connectivity index (χ3v) is 2.59. The number of anilines is 1. The predicted octanol–water partition coefficient (Wildman–Crippen LogP) is 2.79. The van der Waals surface area contributed by atoms with E-state index in [0.717, 1.165) is 6.08 Å². The van der Waals surface area contributed by atoms with Crippen LogP contribution in [0, 0.1) is 0 Å². The highest BCUT2D eigenvalue weighted by Crippen LogP contribution is 2.11. The maximum Gasteiger partial charge on any atom is 0.296 e. The Morgan fingerprint density at radius 3 is 2.05 bits per heavy atom. The molecule has 0 saturated heterocycles. The van der Waals surface area contributed by atoms with Crippen molar-refractivity contribution in [2.24, 2.45) is 0 Å². The molecule has 0 heterocycles. The molecular weight excluding hydrogens is 254 g/mol. The van der Waals surface area contributed by atoms with Crippen LogP contribution < -0.4 is 5.32 Å². The van der Waals surface area contributed by atoms with E-state index in [1.165, 1.54) is 0 Å². The summed E-state index contributed by atoms with van der Waals surface area (Å²) >= 11 is 0. The minimum absolute atomic E-state index is 0.237. The lowest BCUT2D eigenvalue weighted by atomic mass is 10.1. The van der Waals surface area contributed by atoms with Crippen molar-refractivity contribution in [3.63, 3.8) is 0 Å². The zero-order valence-electron chi connectivity index (χ0n) is 10.6. The number of carbonyl (C=O) groups is 2. The normalized spacial score (nSPS) is 10.9. The average molecular weight is 267 g/mol. The summed E-state index contributed by atoms with van der Waals surface area (Å²) in [5.74, 6) is -1.84. The Balaban J connectivity index is 2.06. The van der Waals surface area contributed by atoms with E-state index in [4.69, 9.17) is 0 Å². The summed E-state index contributed by atoms with van der Waals surface area (Å²) in [5, 5.41) is 12.2. The van der Waals surface area contributed by atoms with Crippen LogP contribution in [0.15, 0.2) is 66.7 Å². The van der Waals surface area contributed by atoms with Crippen LogP contribution in [0.1, 0.15) is 5.56 Å². The molecule has 4 nitrogen and oxygen atoms in total. The maximum absolute atomic E-state index is 11.7. The van der Waals surface area contributed by atoms with Crippen LogP contribution in [0.25, 0.3) is 5.76 Å². The number of ketones is 1. The fourth-order valence-corrected chi connectivity index (χ4v) is 1.60. The molecule has 0 spiro atoms. The molecule has 20 heavy (non-hydrogen) atoms. The number of hydrogen-bond donors (Lipinski definition) is 2. The second-order valence-corrected chi connectivity index (χ2v) is 4.08. The van der Waals surface area contributed by atoms with Gasteiger partial charge in [-0.05, 0) is 12.1 Å². The average Bonchev–Trinajstić information content (AvgIpc) is 2.49. The van der Waals surface area contributed by atoms with E-state index in [0.29, 0.717) is 11.3 Å². The van der Waals surface area contributed by atoms with Gasteiger partial charge in [-0.25, -0.2) is 0 Å². The standard InChI is InChI=1S/C16H13NO3/c18-14(12-7-3-1-4-8-12)11-15(19)16(20)17-13-9-5-2-6-10-13/h1-11,18H,(H,17,20). The Kier molecular flexibility index (Phi) is 4.29. The monoisotopic (exact) mass is 267 g/mol. The van der Waals surface area contributed by atoms with Gasteiger partial charge < -0.3 is 10.4 Å². The number of rotatable bonds is 4. The minimum atomic E-state index is -0.810. The highest BCUT2D eigenvalue weighted by molar-refractivity contribution is 6.45. The Morgan fingerprint density at radius 2 is 1.45 bits per heavy atom. The SMILES string of the molecule is O=C(C=C(O)c1ccccc1)C(=O)Nc1ccccc1. The lowest BCUT2D eigenvalue weighted by Crippen LogP contribution is -2.21. The first-order chi connectivity index (χ1) is 9.66. The van der Waals surface area contributed by atoms with E-state index in [1.807, 2.05) is 0 Å². The first-order valence-electron chi connectivity index (χ1n) is 6.03.